The molecule has 0 amide bonds. The number of nitriles is 1. The van der Waals surface area contributed by atoms with E-state index in [1.807, 2.05) is 0 Å². The van der Waals surface area contributed by atoms with E-state index in [0.29, 0.717) is 0 Å². The first-order valence-electron chi connectivity index (χ1n) is 5.48. The Balaban J connectivity index is 0. The van der Waals surface area contributed by atoms with Gasteiger partial charge in [-0.15, -0.1) is 6.01 Å². The summed E-state index contributed by atoms with van der Waals surface area (Å²) in [5.41, 5.74) is 0. The summed E-state index contributed by atoms with van der Waals surface area (Å²) < 4.78 is 5.13. The van der Waals surface area contributed by atoms with Crippen molar-refractivity contribution in [1.82, 2.24) is 0 Å². The van der Waals surface area contributed by atoms with Gasteiger partial charge in [-0.2, -0.15) is 5.26 Å². The van der Waals surface area contributed by atoms with Gasteiger partial charge in [0.2, 0.25) is 0 Å². The number of ether oxygens (including phenoxy) is 1. The minimum Gasteiger partial charge on any atom is -0.422 e. The van der Waals surface area contributed by atoms with Crippen molar-refractivity contribution in [1.29, 1.82) is 5.26 Å². The van der Waals surface area contributed by atoms with E-state index in [1.165, 1.54) is 36.8 Å². The highest BCUT2D eigenvalue weighted by Gasteiger charge is 2.29. The van der Waals surface area contributed by atoms with Gasteiger partial charge in [-0.3, -0.25) is 0 Å². The number of rotatable bonds is 6. The molecule has 0 saturated carbocycles. The fraction of sp³-hybridized carbons (Fsp3) is 0.818. The molecule has 0 heterocycles. The first-order chi connectivity index (χ1) is 7.66. The lowest BCUT2D eigenvalue weighted by Gasteiger charge is -2.22. The van der Waals surface area contributed by atoms with Crippen LogP contribution in [0.4, 0.5) is 0 Å². The van der Waals surface area contributed by atoms with E-state index in [2.05, 4.69) is 25.8 Å². The Kier molecular flexibility index (Phi) is 13.6. The summed E-state index contributed by atoms with van der Waals surface area (Å²) in [6.07, 6.45) is 6.78. The van der Waals surface area contributed by atoms with Crippen molar-refractivity contribution in [3.05, 3.63) is 5.41 Å². The molecule has 0 radical (unpaired) electrons. The van der Waals surface area contributed by atoms with Gasteiger partial charge < -0.3 is 15.1 Å². The maximum Gasteiger partial charge on any atom is 0.0925 e. The number of hydrogen-bond acceptors (Lipinski definition) is 3. The van der Waals surface area contributed by atoms with Gasteiger partial charge >= 0.3 is 0 Å². The average molecular weight is 243 g/mol. The predicted molar refractivity (Wildman–Crippen MR) is 71.7 cm³/mol. The number of hydrogen-bond donors (Lipinski definition) is 0. The molecule has 0 aliphatic carbocycles. The van der Waals surface area contributed by atoms with Crippen LogP contribution in [0.15, 0.2) is 4.99 Å². The third-order valence-electron chi connectivity index (χ3n) is 2.88. The van der Waals surface area contributed by atoms with E-state index in [1.54, 1.807) is 7.11 Å². The van der Waals surface area contributed by atoms with E-state index in [9.17, 15) is 0 Å². The van der Waals surface area contributed by atoms with Gasteiger partial charge in [-0.25, -0.2) is 0 Å². The predicted octanol–water partition coefficient (Wildman–Crippen LogP) is 2.92. The van der Waals surface area contributed by atoms with Crippen molar-refractivity contribution < 1.29 is 4.74 Å². The summed E-state index contributed by atoms with van der Waals surface area (Å²) in [5, 5.41) is 14.9. The third kappa shape index (κ3) is 8.56. The molecule has 0 fully saturated rings. The van der Waals surface area contributed by atoms with Crippen molar-refractivity contribution in [2.45, 2.75) is 20.8 Å². The summed E-state index contributed by atoms with van der Waals surface area (Å²) in [7, 11) is 1.22. The van der Waals surface area contributed by atoms with E-state index >= 15 is 0 Å². The second kappa shape index (κ2) is 12.3. The Morgan fingerprint density at radius 2 is 1.75 bits per heavy atom. The Labute approximate surface area is 99.6 Å². The molecule has 0 unspecified atom stereocenters. The molecule has 5 heteroatoms. The van der Waals surface area contributed by atoms with Gasteiger partial charge in [0.15, 0.2) is 0 Å². The van der Waals surface area contributed by atoms with E-state index in [4.69, 9.17) is 15.4 Å². The molecule has 92 valence electrons. The molecule has 0 N–H and O–H groups in total. The van der Waals surface area contributed by atoms with Crippen LogP contribution in [0.25, 0.3) is 5.41 Å². The smallest absolute Gasteiger partial charge is 0.0925 e. The third-order valence-corrected chi connectivity index (χ3v) is 8.04. The molecular formula is C11H22N3OP. The standard InChI is InChI=1S/C9H22OP.C2N3/c1-5-11(6-2,7-3)9-8-10-4;3-1-5-2-4/h5-9H2,1-4H3;/q+1;-1. The molecule has 16 heavy (non-hydrogen) atoms. The van der Waals surface area contributed by atoms with E-state index < -0.39 is 7.26 Å². The van der Waals surface area contributed by atoms with Crippen LogP contribution in [0.3, 0.4) is 0 Å². The van der Waals surface area contributed by atoms with Gasteiger partial charge in [0.05, 0.1) is 37.4 Å². The van der Waals surface area contributed by atoms with Gasteiger partial charge in [0, 0.05) is 14.4 Å². The summed E-state index contributed by atoms with van der Waals surface area (Å²) in [6.45, 7) is 7.95. The zero-order valence-electron chi connectivity index (χ0n) is 10.7. The van der Waals surface area contributed by atoms with Gasteiger partial charge in [0.25, 0.3) is 0 Å². The Hall–Kier alpha value is -0.740. The molecule has 0 aromatic heterocycles. The Morgan fingerprint density at radius 3 is 1.94 bits per heavy atom. The quantitative estimate of drug-likeness (QED) is 0.409. The lowest BCUT2D eigenvalue weighted by molar-refractivity contribution is 0.217. The second-order valence-electron chi connectivity index (χ2n) is 3.32. The summed E-state index contributed by atoms with van der Waals surface area (Å²) in [6, 6.07) is 1.28. The number of aliphatic imine (C=N–C) groups is 1. The van der Waals surface area contributed by atoms with Crippen molar-refractivity contribution in [3.8, 4) is 6.19 Å². The van der Waals surface area contributed by atoms with Gasteiger partial charge in [0.1, 0.15) is 0 Å². The number of nitrogens with zero attached hydrogens (tertiary/aromatic N) is 3. The fourth-order valence-electron chi connectivity index (χ4n) is 1.45. The normalized spacial score (nSPS) is 9.44. The highest BCUT2D eigenvalue weighted by molar-refractivity contribution is 7.75. The molecule has 0 spiro atoms. The zero-order chi connectivity index (χ0) is 12.9. The first-order valence-corrected chi connectivity index (χ1v) is 8.01. The lowest BCUT2D eigenvalue weighted by Crippen LogP contribution is -2.11. The largest absolute Gasteiger partial charge is 0.422 e. The maximum absolute atomic E-state index is 7.43. The molecule has 4 nitrogen and oxygen atoms in total. The highest BCUT2D eigenvalue weighted by atomic mass is 31.2. The average Bonchev–Trinajstić information content (AvgIpc) is 2.34. The number of methoxy groups -OCH3 is 1. The Morgan fingerprint density at radius 1 is 1.25 bits per heavy atom. The first kappa shape index (κ1) is 17.6. The summed E-state index contributed by atoms with van der Waals surface area (Å²) in [5.74, 6) is 0. The summed E-state index contributed by atoms with van der Waals surface area (Å²) >= 11 is 0. The van der Waals surface area contributed by atoms with Crippen molar-refractivity contribution >= 4 is 13.3 Å². The van der Waals surface area contributed by atoms with Crippen LogP contribution in [0.5, 0.6) is 0 Å². The topological polar surface area (TPSA) is 67.7 Å². The molecule has 0 aromatic rings. The van der Waals surface area contributed by atoms with Crippen molar-refractivity contribution in [2.75, 3.05) is 38.4 Å². The van der Waals surface area contributed by atoms with Crippen molar-refractivity contribution in [3.63, 3.8) is 0 Å². The van der Waals surface area contributed by atoms with Crippen LogP contribution < -0.4 is 0 Å². The van der Waals surface area contributed by atoms with E-state index in [0.717, 1.165) is 6.61 Å². The van der Waals surface area contributed by atoms with Crippen LogP contribution >= 0.6 is 7.26 Å². The minimum absolute atomic E-state index is 0.580. The Bertz CT molecular complexity index is 232. The van der Waals surface area contributed by atoms with E-state index in [-0.39, 0.29) is 0 Å². The lowest BCUT2D eigenvalue weighted by atomic mass is 10.8. The van der Waals surface area contributed by atoms with Crippen molar-refractivity contribution in [2.24, 2.45) is 4.99 Å². The van der Waals surface area contributed by atoms with Crippen LogP contribution in [-0.2, 0) is 4.74 Å². The van der Waals surface area contributed by atoms with Crippen LogP contribution in [0.1, 0.15) is 20.8 Å². The molecule has 0 bridgehead atoms. The van der Waals surface area contributed by atoms with Crippen LogP contribution in [0.2, 0.25) is 0 Å². The second-order valence-corrected chi connectivity index (χ2v) is 8.35. The van der Waals surface area contributed by atoms with Crippen LogP contribution in [-0.4, -0.2) is 44.4 Å². The fourth-order valence-corrected chi connectivity index (χ4v) is 4.31. The molecule has 0 aromatic carbocycles. The molecular weight excluding hydrogens is 221 g/mol. The molecule has 0 atom stereocenters. The molecule has 0 saturated heterocycles. The van der Waals surface area contributed by atoms with Gasteiger partial charge in [-0.05, 0) is 20.8 Å². The SMILES string of the molecule is CC[P+](CC)(CC)CCOC.N#CN=C=[N-]. The van der Waals surface area contributed by atoms with Gasteiger partial charge in [-0.1, -0.05) is 0 Å². The molecule has 0 aliphatic rings. The zero-order valence-corrected chi connectivity index (χ0v) is 11.6. The van der Waals surface area contributed by atoms with Crippen LogP contribution in [0, 0.1) is 11.5 Å². The molecule has 0 rings (SSSR count). The summed E-state index contributed by atoms with van der Waals surface area (Å²) in [4.78, 5) is 2.58. The monoisotopic (exact) mass is 243 g/mol. The maximum atomic E-state index is 7.43. The minimum atomic E-state index is -0.580. The molecule has 0 aliphatic heterocycles. The highest BCUT2D eigenvalue weighted by Crippen LogP contribution is 2.57.